The van der Waals surface area contributed by atoms with Gasteiger partial charge in [0.05, 0.1) is 12.8 Å². The van der Waals surface area contributed by atoms with E-state index >= 15 is 0 Å². The number of hydrogen-bond donors (Lipinski definition) is 1. The summed E-state index contributed by atoms with van der Waals surface area (Å²) in [5.41, 5.74) is 1.17. The molecule has 32 heavy (non-hydrogen) atoms. The number of thioether (sulfide) groups is 1. The zero-order valence-corrected chi connectivity index (χ0v) is 17.6. The SMILES string of the molecule is COC(=O)C(C)Sc1nc2c([nH]c3ccccc32)c(=O)n1-c1ccc(OC(F)(F)F)cc1. The van der Waals surface area contributed by atoms with Crippen LogP contribution in [0.2, 0.25) is 0 Å². The number of halogens is 3. The zero-order chi connectivity index (χ0) is 23.0. The van der Waals surface area contributed by atoms with Gasteiger partial charge in [0.15, 0.2) is 5.16 Å². The van der Waals surface area contributed by atoms with Crippen LogP contribution in [-0.4, -0.2) is 39.2 Å². The van der Waals surface area contributed by atoms with Crippen molar-refractivity contribution in [3.63, 3.8) is 0 Å². The van der Waals surface area contributed by atoms with Gasteiger partial charge >= 0.3 is 12.3 Å². The van der Waals surface area contributed by atoms with Gasteiger partial charge in [-0.25, -0.2) is 4.98 Å². The topological polar surface area (TPSA) is 86.2 Å². The van der Waals surface area contributed by atoms with Crippen LogP contribution < -0.4 is 10.3 Å². The summed E-state index contributed by atoms with van der Waals surface area (Å²) in [5, 5.41) is 0.233. The number of para-hydroxylation sites is 1. The third kappa shape index (κ3) is 4.15. The molecule has 7 nitrogen and oxygen atoms in total. The van der Waals surface area contributed by atoms with Crippen LogP contribution in [0, 0.1) is 0 Å². The fourth-order valence-electron chi connectivity index (χ4n) is 3.22. The lowest BCUT2D eigenvalue weighted by molar-refractivity contribution is -0.274. The summed E-state index contributed by atoms with van der Waals surface area (Å²) >= 11 is 1.01. The van der Waals surface area contributed by atoms with Crippen molar-refractivity contribution in [1.29, 1.82) is 0 Å². The number of alkyl halides is 3. The third-order valence-electron chi connectivity index (χ3n) is 4.64. The van der Waals surface area contributed by atoms with Crippen molar-refractivity contribution in [3.05, 3.63) is 58.9 Å². The van der Waals surface area contributed by atoms with Crippen molar-refractivity contribution in [2.24, 2.45) is 0 Å². The van der Waals surface area contributed by atoms with E-state index in [4.69, 9.17) is 4.74 Å². The van der Waals surface area contributed by atoms with E-state index in [1.54, 1.807) is 13.0 Å². The molecule has 0 spiro atoms. The van der Waals surface area contributed by atoms with Gasteiger partial charge in [-0.1, -0.05) is 30.0 Å². The van der Waals surface area contributed by atoms with Gasteiger partial charge in [-0.05, 0) is 37.3 Å². The molecule has 0 amide bonds. The van der Waals surface area contributed by atoms with Crippen LogP contribution in [0.15, 0.2) is 58.5 Å². The Morgan fingerprint density at radius 3 is 2.50 bits per heavy atom. The van der Waals surface area contributed by atoms with Crippen LogP contribution in [0.4, 0.5) is 13.2 Å². The van der Waals surface area contributed by atoms with E-state index in [2.05, 4.69) is 14.7 Å². The van der Waals surface area contributed by atoms with E-state index in [0.717, 1.165) is 29.3 Å². The van der Waals surface area contributed by atoms with E-state index < -0.39 is 28.9 Å². The standard InChI is InChI=1S/C21H16F3N3O4S/c1-11(19(29)30-2)32-20-26-16-14-5-3-4-6-15(14)25-17(16)18(28)27(20)12-7-9-13(10-8-12)31-21(22,23)24/h3-11,25H,1-2H3. The molecule has 1 atom stereocenters. The van der Waals surface area contributed by atoms with Gasteiger partial charge in [-0.2, -0.15) is 0 Å². The second kappa shape index (κ2) is 8.23. The second-order valence-electron chi connectivity index (χ2n) is 6.75. The maximum atomic E-state index is 13.4. The second-order valence-corrected chi connectivity index (χ2v) is 8.06. The number of esters is 1. The van der Waals surface area contributed by atoms with Gasteiger partial charge in [0, 0.05) is 10.9 Å². The fourth-order valence-corrected chi connectivity index (χ4v) is 4.16. The first-order valence-electron chi connectivity index (χ1n) is 9.32. The lowest BCUT2D eigenvalue weighted by atomic mass is 10.2. The van der Waals surface area contributed by atoms with Crippen LogP contribution in [-0.2, 0) is 9.53 Å². The number of carbonyl (C=O) groups excluding carboxylic acids is 1. The van der Waals surface area contributed by atoms with Gasteiger partial charge in [-0.15, -0.1) is 13.2 Å². The Morgan fingerprint density at radius 1 is 1.16 bits per heavy atom. The molecule has 0 saturated carbocycles. The highest BCUT2D eigenvalue weighted by Crippen LogP contribution is 2.30. The van der Waals surface area contributed by atoms with Crippen molar-refractivity contribution in [3.8, 4) is 11.4 Å². The molecule has 2 heterocycles. The maximum absolute atomic E-state index is 13.4. The van der Waals surface area contributed by atoms with Crippen molar-refractivity contribution >= 4 is 39.7 Å². The Labute approximate surface area is 183 Å². The Kier molecular flexibility index (Phi) is 5.59. The number of aromatic nitrogens is 3. The minimum absolute atomic E-state index is 0.189. The zero-order valence-electron chi connectivity index (χ0n) is 16.8. The number of carbonyl (C=O) groups is 1. The van der Waals surface area contributed by atoms with E-state index in [-0.39, 0.29) is 16.4 Å². The number of methoxy groups -OCH3 is 1. The number of nitrogens with zero attached hydrogens (tertiary/aromatic N) is 2. The molecule has 0 aliphatic rings. The number of rotatable bonds is 5. The number of aromatic amines is 1. The van der Waals surface area contributed by atoms with Gasteiger partial charge in [-0.3, -0.25) is 14.2 Å². The van der Waals surface area contributed by atoms with Crippen LogP contribution >= 0.6 is 11.8 Å². The number of fused-ring (bicyclic) bond motifs is 3. The largest absolute Gasteiger partial charge is 0.573 e. The fraction of sp³-hybridized carbons (Fsp3) is 0.190. The number of nitrogens with one attached hydrogen (secondary N) is 1. The highest BCUT2D eigenvalue weighted by atomic mass is 32.2. The molecule has 4 aromatic rings. The first-order valence-corrected chi connectivity index (χ1v) is 10.2. The minimum atomic E-state index is -4.83. The van der Waals surface area contributed by atoms with E-state index in [9.17, 15) is 22.8 Å². The molecule has 0 aliphatic carbocycles. The first kappa shape index (κ1) is 21.8. The molecule has 4 rings (SSSR count). The lowest BCUT2D eigenvalue weighted by Gasteiger charge is -2.15. The normalized spacial score (nSPS) is 12.8. The molecular weight excluding hydrogens is 447 g/mol. The van der Waals surface area contributed by atoms with Crippen LogP contribution in [0.25, 0.3) is 27.6 Å². The van der Waals surface area contributed by atoms with Gasteiger partial charge < -0.3 is 14.5 Å². The highest BCUT2D eigenvalue weighted by Gasteiger charge is 2.31. The van der Waals surface area contributed by atoms with Crippen LogP contribution in [0.1, 0.15) is 6.92 Å². The summed E-state index contributed by atoms with van der Waals surface area (Å²) in [6.45, 7) is 1.60. The van der Waals surface area contributed by atoms with Gasteiger partial charge in [0.1, 0.15) is 22.0 Å². The molecule has 0 saturated heterocycles. The number of hydrogen-bond acceptors (Lipinski definition) is 6. The van der Waals surface area contributed by atoms with Crippen LogP contribution in [0.5, 0.6) is 5.75 Å². The Bertz CT molecular complexity index is 1360. The molecule has 0 radical (unpaired) electrons. The first-order chi connectivity index (χ1) is 15.2. The predicted octanol–water partition coefficient (Wildman–Crippen LogP) is 4.42. The van der Waals surface area contributed by atoms with Gasteiger partial charge in [0.25, 0.3) is 5.56 Å². The lowest BCUT2D eigenvalue weighted by Crippen LogP contribution is -2.24. The average Bonchev–Trinajstić information content (AvgIpc) is 3.12. The Morgan fingerprint density at radius 2 is 1.84 bits per heavy atom. The summed E-state index contributed by atoms with van der Waals surface area (Å²) < 4.78 is 47.3. The molecule has 0 aliphatic heterocycles. The molecule has 11 heteroatoms. The smallest absolute Gasteiger partial charge is 0.468 e. The van der Waals surface area contributed by atoms with Crippen molar-refractivity contribution in [1.82, 2.24) is 14.5 Å². The molecule has 2 aromatic heterocycles. The summed E-state index contributed by atoms with van der Waals surface area (Å²) in [4.78, 5) is 33.0. The molecule has 166 valence electrons. The van der Waals surface area contributed by atoms with Gasteiger partial charge in [0.2, 0.25) is 0 Å². The van der Waals surface area contributed by atoms with Crippen molar-refractivity contribution < 1.29 is 27.4 Å². The molecular formula is C21H16F3N3O4S. The highest BCUT2D eigenvalue weighted by molar-refractivity contribution is 8.00. The summed E-state index contributed by atoms with van der Waals surface area (Å²) in [7, 11) is 1.25. The van der Waals surface area contributed by atoms with E-state index in [1.165, 1.54) is 23.8 Å². The van der Waals surface area contributed by atoms with Crippen molar-refractivity contribution in [2.45, 2.75) is 23.7 Å². The molecule has 1 unspecified atom stereocenters. The molecule has 0 bridgehead atoms. The quantitative estimate of drug-likeness (QED) is 0.268. The number of ether oxygens (including phenoxy) is 2. The minimum Gasteiger partial charge on any atom is -0.468 e. The van der Waals surface area contributed by atoms with E-state index in [0.29, 0.717) is 11.0 Å². The Hall–Kier alpha value is -3.47. The number of H-pyrrole nitrogens is 1. The monoisotopic (exact) mass is 463 g/mol. The third-order valence-corrected chi connectivity index (χ3v) is 5.67. The van der Waals surface area contributed by atoms with E-state index in [1.807, 2.05) is 18.2 Å². The predicted molar refractivity (Wildman–Crippen MR) is 113 cm³/mol. The molecule has 0 fully saturated rings. The Balaban J connectivity index is 1.90. The molecule has 1 N–H and O–H groups in total. The summed E-state index contributed by atoms with van der Waals surface area (Å²) in [6.07, 6.45) is -4.83. The summed E-state index contributed by atoms with van der Waals surface area (Å²) in [5.74, 6) is -0.935. The van der Waals surface area contributed by atoms with Crippen molar-refractivity contribution in [2.75, 3.05) is 7.11 Å². The number of benzene rings is 2. The summed E-state index contributed by atoms with van der Waals surface area (Å²) in [6, 6.07) is 12.1. The average molecular weight is 463 g/mol. The van der Waals surface area contributed by atoms with Crippen LogP contribution in [0.3, 0.4) is 0 Å². The maximum Gasteiger partial charge on any atom is 0.573 e. The molecule has 2 aromatic carbocycles.